The van der Waals surface area contributed by atoms with Crippen LogP contribution in [-0.4, -0.2) is 48.4 Å². The summed E-state index contributed by atoms with van der Waals surface area (Å²) in [5.74, 6) is 0.884. The minimum absolute atomic E-state index is 0.230. The number of rotatable bonds is 3. The van der Waals surface area contributed by atoms with Gasteiger partial charge in [0.1, 0.15) is 12.1 Å². The number of fused-ring (bicyclic) bond motifs is 1. The van der Waals surface area contributed by atoms with E-state index in [2.05, 4.69) is 27.0 Å². The third-order valence-electron chi connectivity index (χ3n) is 4.96. The van der Waals surface area contributed by atoms with Crippen molar-refractivity contribution in [1.29, 1.82) is 0 Å². The predicted octanol–water partition coefficient (Wildman–Crippen LogP) is 2.12. The van der Waals surface area contributed by atoms with Crippen molar-refractivity contribution < 1.29 is 9.47 Å². The second-order valence-electron chi connectivity index (χ2n) is 6.65. The highest BCUT2D eigenvalue weighted by molar-refractivity contribution is 5.88. The average molecular weight is 328 g/mol. The van der Waals surface area contributed by atoms with Gasteiger partial charge in [0, 0.05) is 37.1 Å². The van der Waals surface area contributed by atoms with E-state index in [1.807, 2.05) is 6.20 Å². The summed E-state index contributed by atoms with van der Waals surface area (Å²) in [7, 11) is 0. The molecule has 4 rings (SSSR count). The molecule has 1 aromatic carbocycles. The van der Waals surface area contributed by atoms with E-state index in [1.165, 1.54) is 0 Å². The highest BCUT2D eigenvalue weighted by atomic mass is 16.5. The van der Waals surface area contributed by atoms with Gasteiger partial charge in [0.25, 0.3) is 0 Å². The van der Waals surface area contributed by atoms with Gasteiger partial charge in [0.2, 0.25) is 0 Å². The normalized spacial score (nSPS) is 25.0. The van der Waals surface area contributed by atoms with Crippen LogP contribution in [-0.2, 0) is 4.74 Å². The van der Waals surface area contributed by atoms with Crippen LogP contribution in [0.3, 0.4) is 0 Å². The molecule has 2 aromatic rings. The van der Waals surface area contributed by atoms with Gasteiger partial charge in [0.15, 0.2) is 0 Å². The van der Waals surface area contributed by atoms with Gasteiger partial charge in [-0.3, -0.25) is 0 Å². The lowest BCUT2D eigenvalue weighted by molar-refractivity contribution is 0.122. The predicted molar refractivity (Wildman–Crippen MR) is 93.4 cm³/mol. The number of ether oxygens (including phenoxy) is 2. The van der Waals surface area contributed by atoms with Gasteiger partial charge in [-0.25, -0.2) is 9.97 Å². The van der Waals surface area contributed by atoms with Crippen molar-refractivity contribution in [3.8, 4) is 5.75 Å². The Kier molecular flexibility index (Phi) is 4.49. The minimum atomic E-state index is 0.230. The smallest absolute Gasteiger partial charge is 0.132 e. The molecule has 128 valence electrons. The van der Waals surface area contributed by atoms with Crippen LogP contribution in [0.5, 0.6) is 5.75 Å². The first-order valence-corrected chi connectivity index (χ1v) is 8.78. The van der Waals surface area contributed by atoms with Crippen LogP contribution in [0.4, 0.5) is 5.69 Å². The highest BCUT2D eigenvalue weighted by Crippen LogP contribution is 2.33. The third kappa shape index (κ3) is 3.30. The van der Waals surface area contributed by atoms with Crippen molar-refractivity contribution in [1.82, 2.24) is 9.97 Å². The maximum absolute atomic E-state index is 6.35. The molecule has 2 aliphatic rings. The Labute approximate surface area is 142 Å². The quantitative estimate of drug-likeness (QED) is 0.930. The Morgan fingerprint density at radius 3 is 2.71 bits per heavy atom. The van der Waals surface area contributed by atoms with Crippen LogP contribution < -0.4 is 15.4 Å². The molecule has 1 aromatic heterocycles. The Morgan fingerprint density at radius 1 is 1.12 bits per heavy atom. The van der Waals surface area contributed by atoms with Crippen molar-refractivity contribution in [3.63, 3.8) is 0 Å². The van der Waals surface area contributed by atoms with E-state index in [0.29, 0.717) is 6.04 Å². The number of anilines is 1. The fraction of sp³-hybridized carbons (Fsp3) is 0.556. The highest BCUT2D eigenvalue weighted by Gasteiger charge is 2.22. The lowest BCUT2D eigenvalue weighted by atomic mass is 9.93. The van der Waals surface area contributed by atoms with E-state index >= 15 is 0 Å². The van der Waals surface area contributed by atoms with Crippen LogP contribution in [0.2, 0.25) is 0 Å². The first kappa shape index (κ1) is 15.6. The van der Waals surface area contributed by atoms with E-state index in [-0.39, 0.29) is 6.10 Å². The van der Waals surface area contributed by atoms with Gasteiger partial charge >= 0.3 is 0 Å². The van der Waals surface area contributed by atoms with Crippen molar-refractivity contribution >= 4 is 16.6 Å². The number of hydrogen-bond donors (Lipinski definition) is 1. The number of hydrogen-bond acceptors (Lipinski definition) is 6. The fourth-order valence-electron chi connectivity index (χ4n) is 3.53. The van der Waals surface area contributed by atoms with Crippen LogP contribution in [0, 0.1) is 0 Å². The molecular formula is C18H24N4O2. The van der Waals surface area contributed by atoms with Gasteiger partial charge in [-0.05, 0) is 31.7 Å². The van der Waals surface area contributed by atoms with E-state index < -0.39 is 0 Å². The first-order chi connectivity index (χ1) is 11.8. The van der Waals surface area contributed by atoms with Gasteiger partial charge in [-0.1, -0.05) is 0 Å². The molecule has 0 amide bonds. The molecule has 6 heteroatoms. The van der Waals surface area contributed by atoms with E-state index in [0.717, 1.165) is 74.3 Å². The van der Waals surface area contributed by atoms with Gasteiger partial charge < -0.3 is 20.1 Å². The van der Waals surface area contributed by atoms with E-state index in [9.17, 15) is 0 Å². The topological polar surface area (TPSA) is 73.5 Å². The van der Waals surface area contributed by atoms with Gasteiger partial charge in [-0.15, -0.1) is 0 Å². The molecule has 2 heterocycles. The molecular weight excluding hydrogens is 304 g/mol. The molecule has 2 fully saturated rings. The van der Waals surface area contributed by atoms with Crippen LogP contribution in [0.25, 0.3) is 10.9 Å². The zero-order valence-electron chi connectivity index (χ0n) is 13.9. The summed E-state index contributed by atoms with van der Waals surface area (Å²) in [5.41, 5.74) is 8.08. The number of nitrogens with zero attached hydrogens (tertiary/aromatic N) is 3. The number of nitrogens with two attached hydrogens (primary N) is 1. The molecule has 0 unspecified atom stereocenters. The first-order valence-electron chi connectivity index (χ1n) is 8.78. The summed E-state index contributed by atoms with van der Waals surface area (Å²) in [4.78, 5) is 10.9. The second-order valence-corrected chi connectivity index (χ2v) is 6.65. The number of benzene rings is 1. The average Bonchev–Trinajstić information content (AvgIpc) is 2.64. The Bertz CT molecular complexity index is 694. The maximum Gasteiger partial charge on any atom is 0.132 e. The van der Waals surface area contributed by atoms with Crippen molar-refractivity contribution in [2.75, 3.05) is 31.2 Å². The van der Waals surface area contributed by atoms with Crippen molar-refractivity contribution in [2.45, 2.75) is 37.8 Å². The zero-order valence-corrected chi connectivity index (χ0v) is 13.9. The molecule has 1 saturated heterocycles. The summed E-state index contributed by atoms with van der Waals surface area (Å²) in [6.07, 6.45) is 7.75. The summed E-state index contributed by atoms with van der Waals surface area (Å²) < 4.78 is 11.8. The molecule has 1 saturated carbocycles. The summed E-state index contributed by atoms with van der Waals surface area (Å²) in [6.45, 7) is 3.32. The van der Waals surface area contributed by atoms with E-state index in [1.54, 1.807) is 6.33 Å². The zero-order chi connectivity index (χ0) is 16.4. The Morgan fingerprint density at radius 2 is 1.92 bits per heavy atom. The molecule has 1 aliphatic carbocycles. The van der Waals surface area contributed by atoms with E-state index in [4.69, 9.17) is 15.2 Å². The molecule has 24 heavy (non-hydrogen) atoms. The van der Waals surface area contributed by atoms with Crippen LogP contribution in [0.15, 0.2) is 24.7 Å². The van der Waals surface area contributed by atoms with Crippen molar-refractivity contribution in [2.24, 2.45) is 5.73 Å². The maximum atomic E-state index is 6.35. The largest absolute Gasteiger partial charge is 0.490 e. The van der Waals surface area contributed by atoms with Gasteiger partial charge in [-0.2, -0.15) is 0 Å². The van der Waals surface area contributed by atoms with Crippen molar-refractivity contribution in [3.05, 3.63) is 24.7 Å². The number of aromatic nitrogens is 2. The van der Waals surface area contributed by atoms with Crippen LogP contribution in [0.1, 0.15) is 25.7 Å². The molecule has 0 atom stereocenters. The summed E-state index contributed by atoms with van der Waals surface area (Å²) >= 11 is 0. The monoisotopic (exact) mass is 328 g/mol. The van der Waals surface area contributed by atoms with Crippen LogP contribution >= 0.6 is 0 Å². The fourth-order valence-corrected chi connectivity index (χ4v) is 3.53. The standard InChI is InChI=1S/C18H24N4O2/c19-13-1-3-15(4-2-13)24-18-10-14(22-5-7-23-8-6-22)9-17-16(18)11-20-12-21-17/h9-13,15H,1-8,19H2. The SMILES string of the molecule is NC1CCC(Oc2cc(N3CCOCC3)cc3ncncc23)CC1. The minimum Gasteiger partial charge on any atom is -0.490 e. The summed E-state index contributed by atoms with van der Waals surface area (Å²) in [6, 6.07) is 4.57. The molecule has 0 bridgehead atoms. The van der Waals surface area contributed by atoms with Gasteiger partial charge in [0.05, 0.1) is 30.2 Å². The molecule has 2 N–H and O–H groups in total. The lowest BCUT2D eigenvalue weighted by Crippen LogP contribution is -2.36. The summed E-state index contributed by atoms with van der Waals surface area (Å²) in [5, 5.41) is 0.976. The molecule has 0 spiro atoms. The third-order valence-corrected chi connectivity index (χ3v) is 4.96. The molecule has 1 aliphatic heterocycles. The second kappa shape index (κ2) is 6.91. The molecule has 0 radical (unpaired) electrons. The molecule has 6 nitrogen and oxygen atoms in total. The Hall–Kier alpha value is -1.92. The Balaban J connectivity index is 1.64. The lowest BCUT2D eigenvalue weighted by Gasteiger charge is -2.30. The number of morpholine rings is 1.